The Bertz CT molecular complexity index is 1230. The maximum atomic E-state index is 13.6. The van der Waals surface area contributed by atoms with Crippen molar-refractivity contribution in [1.29, 1.82) is 0 Å². The van der Waals surface area contributed by atoms with Crippen LogP contribution in [-0.4, -0.2) is 35.5 Å². The first kappa shape index (κ1) is 24.3. The zero-order valence-electron chi connectivity index (χ0n) is 18.9. The number of halogens is 3. The minimum absolute atomic E-state index is 0.0203. The Labute approximate surface area is 197 Å². The Balaban J connectivity index is 1.83. The molecule has 1 unspecified atom stereocenters. The van der Waals surface area contributed by atoms with Crippen molar-refractivity contribution in [3.8, 4) is 5.75 Å². The Kier molecular flexibility index (Phi) is 6.55. The summed E-state index contributed by atoms with van der Waals surface area (Å²) in [4.78, 5) is 38.1. The van der Waals surface area contributed by atoms with Crippen LogP contribution in [0.2, 0.25) is 0 Å². The molecule has 186 valence electrons. The van der Waals surface area contributed by atoms with Gasteiger partial charge in [0.15, 0.2) is 0 Å². The van der Waals surface area contributed by atoms with Gasteiger partial charge in [0.1, 0.15) is 11.3 Å². The minimum atomic E-state index is -4.88. The van der Waals surface area contributed by atoms with Gasteiger partial charge in [0.2, 0.25) is 0 Å². The number of rotatable bonds is 7. The van der Waals surface area contributed by atoms with Crippen LogP contribution >= 0.6 is 0 Å². The molecule has 1 aliphatic heterocycles. The molecule has 2 heterocycles. The van der Waals surface area contributed by atoms with Crippen LogP contribution < -0.4 is 20.9 Å². The number of esters is 1. The molecule has 0 saturated heterocycles. The van der Waals surface area contributed by atoms with Crippen LogP contribution in [0.5, 0.6) is 5.75 Å². The molecule has 1 fully saturated rings. The molecular weight excluding hydrogens is 469 g/mol. The third kappa shape index (κ3) is 5.15. The summed E-state index contributed by atoms with van der Waals surface area (Å²) < 4.78 is 51.6. The van der Waals surface area contributed by atoms with E-state index in [1.165, 1.54) is 7.11 Å². The predicted molar refractivity (Wildman–Crippen MR) is 117 cm³/mol. The molecule has 4 rings (SSSR count). The minimum Gasteiger partial charge on any atom is -0.497 e. The number of carbonyl (C=O) groups excluding carboxylic acids is 2. The molecule has 0 bridgehead atoms. The Morgan fingerprint density at radius 2 is 1.89 bits per heavy atom. The van der Waals surface area contributed by atoms with Gasteiger partial charge in [-0.2, -0.15) is 18.3 Å². The number of aromatic nitrogens is 2. The lowest BCUT2D eigenvalue weighted by atomic mass is 9.95. The number of hydrogen-bond donors (Lipinski definition) is 2. The van der Waals surface area contributed by atoms with E-state index >= 15 is 0 Å². The van der Waals surface area contributed by atoms with Gasteiger partial charge in [-0.25, -0.2) is 14.3 Å². The van der Waals surface area contributed by atoms with Crippen molar-refractivity contribution in [2.45, 2.75) is 44.4 Å². The van der Waals surface area contributed by atoms with Crippen molar-refractivity contribution in [3.63, 3.8) is 0 Å². The van der Waals surface area contributed by atoms with Gasteiger partial charge in [-0.3, -0.25) is 4.79 Å². The first-order chi connectivity index (χ1) is 16.6. The fourth-order valence-corrected chi connectivity index (χ4v) is 3.84. The normalized spacial score (nSPS) is 18.1. The van der Waals surface area contributed by atoms with E-state index in [1.54, 1.807) is 31.2 Å². The van der Waals surface area contributed by atoms with E-state index < -0.39 is 41.9 Å². The quantitative estimate of drug-likeness (QED) is 0.575. The molecule has 2 aromatic rings. The van der Waals surface area contributed by atoms with Crippen LogP contribution in [0, 0.1) is 0 Å². The summed E-state index contributed by atoms with van der Waals surface area (Å²) in [6.07, 6.45) is -3.55. The monoisotopic (exact) mass is 492 g/mol. The van der Waals surface area contributed by atoms with E-state index in [2.05, 4.69) is 15.7 Å². The third-order valence-corrected chi connectivity index (χ3v) is 5.70. The molecule has 1 aromatic carbocycles. The number of carbonyl (C=O) groups is 2. The van der Waals surface area contributed by atoms with E-state index in [1.807, 2.05) is 0 Å². The molecule has 9 nitrogen and oxygen atoms in total. The number of alkyl halides is 3. The molecule has 2 aliphatic rings. The second-order valence-corrected chi connectivity index (χ2v) is 8.14. The highest BCUT2D eigenvalue weighted by Crippen LogP contribution is 2.40. The number of urea groups is 1. The maximum absolute atomic E-state index is 13.6. The highest BCUT2D eigenvalue weighted by atomic mass is 19.4. The number of ether oxygens (including phenoxy) is 2. The summed E-state index contributed by atoms with van der Waals surface area (Å²) in [5, 5.41) is 9.19. The zero-order chi connectivity index (χ0) is 25.3. The average molecular weight is 492 g/mol. The standard InChI is InChI=1S/C23H23F3N4O5/c1-3-35-21(32)18-17(27-22(33)28-19(18)13-6-8-14(34-2)9-7-13)11-30-20(31)15(23(24,25)26)10-16(29-30)12-4-5-12/h6-10,12,19H,3-5,11H2,1-2H3,(H2,27,28,33). The van der Waals surface area contributed by atoms with Crippen LogP contribution in [0.3, 0.4) is 0 Å². The molecule has 0 radical (unpaired) electrons. The molecule has 12 heteroatoms. The van der Waals surface area contributed by atoms with Gasteiger partial charge in [0, 0.05) is 5.92 Å². The summed E-state index contributed by atoms with van der Waals surface area (Å²) in [6, 6.07) is 5.62. The van der Waals surface area contributed by atoms with Crippen molar-refractivity contribution in [2.24, 2.45) is 0 Å². The van der Waals surface area contributed by atoms with Gasteiger partial charge in [0.25, 0.3) is 5.56 Å². The average Bonchev–Trinajstić information content (AvgIpc) is 3.65. The van der Waals surface area contributed by atoms with E-state index in [4.69, 9.17) is 9.47 Å². The van der Waals surface area contributed by atoms with Gasteiger partial charge in [-0.05, 0) is 43.5 Å². The predicted octanol–water partition coefficient (Wildman–Crippen LogP) is 3.02. The molecular formula is C23H23F3N4O5. The summed E-state index contributed by atoms with van der Waals surface area (Å²) in [6.45, 7) is 1.05. The highest BCUT2D eigenvalue weighted by molar-refractivity contribution is 5.95. The van der Waals surface area contributed by atoms with Crippen LogP contribution in [0.25, 0.3) is 0 Å². The number of methoxy groups -OCH3 is 1. The largest absolute Gasteiger partial charge is 0.497 e. The van der Waals surface area contributed by atoms with E-state index in [0.717, 1.165) is 6.07 Å². The van der Waals surface area contributed by atoms with Crippen molar-refractivity contribution in [2.75, 3.05) is 13.7 Å². The summed E-state index contributed by atoms with van der Waals surface area (Å²) >= 11 is 0. The number of hydrogen-bond acceptors (Lipinski definition) is 6. The Morgan fingerprint density at radius 1 is 1.20 bits per heavy atom. The van der Waals surface area contributed by atoms with Gasteiger partial charge < -0.3 is 20.1 Å². The smallest absolute Gasteiger partial charge is 0.421 e. The fraction of sp³-hybridized carbons (Fsp3) is 0.391. The first-order valence-corrected chi connectivity index (χ1v) is 10.9. The number of amides is 2. The highest BCUT2D eigenvalue weighted by Gasteiger charge is 2.39. The van der Waals surface area contributed by atoms with E-state index in [-0.39, 0.29) is 29.5 Å². The van der Waals surface area contributed by atoms with Crippen molar-refractivity contribution in [3.05, 3.63) is 68.8 Å². The molecule has 1 atom stereocenters. The topological polar surface area (TPSA) is 112 Å². The van der Waals surface area contributed by atoms with Crippen molar-refractivity contribution >= 4 is 12.0 Å². The van der Waals surface area contributed by atoms with Gasteiger partial charge in [-0.1, -0.05) is 12.1 Å². The lowest BCUT2D eigenvalue weighted by Crippen LogP contribution is -2.47. The maximum Gasteiger partial charge on any atom is 0.421 e. The summed E-state index contributed by atoms with van der Waals surface area (Å²) in [5.41, 5.74) is -2.20. The second-order valence-electron chi connectivity index (χ2n) is 8.14. The summed E-state index contributed by atoms with van der Waals surface area (Å²) in [5.74, 6) is -0.419. The zero-order valence-corrected chi connectivity index (χ0v) is 18.9. The van der Waals surface area contributed by atoms with Gasteiger partial charge in [-0.15, -0.1) is 0 Å². The first-order valence-electron chi connectivity index (χ1n) is 10.9. The molecule has 1 saturated carbocycles. The Morgan fingerprint density at radius 3 is 2.46 bits per heavy atom. The van der Waals surface area contributed by atoms with Gasteiger partial charge >= 0.3 is 18.2 Å². The lowest BCUT2D eigenvalue weighted by molar-refractivity contribution is -0.140. The number of benzene rings is 1. The molecule has 2 amide bonds. The number of nitrogens with zero attached hydrogens (tertiary/aromatic N) is 2. The molecule has 35 heavy (non-hydrogen) atoms. The second kappa shape index (κ2) is 9.43. The van der Waals surface area contributed by atoms with Crippen LogP contribution in [0.1, 0.15) is 48.5 Å². The van der Waals surface area contributed by atoms with Crippen molar-refractivity contribution < 1.29 is 32.2 Å². The van der Waals surface area contributed by atoms with Crippen LogP contribution in [-0.2, 0) is 22.3 Å². The molecule has 0 spiro atoms. The SMILES string of the molecule is CCOC(=O)C1=C(Cn2nc(C3CC3)cc(C(F)(F)F)c2=O)NC(=O)NC1c1ccc(OC)cc1. The molecule has 1 aliphatic carbocycles. The summed E-state index contributed by atoms with van der Waals surface area (Å²) in [7, 11) is 1.49. The molecule has 1 aromatic heterocycles. The Hall–Kier alpha value is -3.83. The fourth-order valence-electron chi connectivity index (χ4n) is 3.84. The third-order valence-electron chi connectivity index (χ3n) is 5.70. The van der Waals surface area contributed by atoms with E-state index in [0.29, 0.717) is 28.8 Å². The van der Waals surface area contributed by atoms with E-state index in [9.17, 15) is 27.6 Å². The van der Waals surface area contributed by atoms with Crippen LogP contribution in [0.4, 0.5) is 18.0 Å². The van der Waals surface area contributed by atoms with Crippen LogP contribution in [0.15, 0.2) is 46.4 Å². The lowest BCUT2D eigenvalue weighted by Gasteiger charge is -2.29. The molecule has 2 N–H and O–H groups in total. The van der Waals surface area contributed by atoms with Crippen molar-refractivity contribution in [1.82, 2.24) is 20.4 Å². The van der Waals surface area contributed by atoms with Gasteiger partial charge in [0.05, 0.1) is 43.3 Å². The number of nitrogens with one attached hydrogen (secondary N) is 2. The number of allylic oxidation sites excluding steroid dienone is 1.